The third-order valence-electron chi connectivity index (χ3n) is 3.61. The molecule has 1 amide bonds. The molecule has 0 aliphatic heterocycles. The van der Waals surface area contributed by atoms with E-state index in [4.69, 9.17) is 14.0 Å². The second-order valence-corrected chi connectivity index (χ2v) is 5.69. The highest BCUT2D eigenvalue weighted by atomic mass is 16.5. The first-order valence-corrected chi connectivity index (χ1v) is 8.08. The van der Waals surface area contributed by atoms with Gasteiger partial charge < -0.3 is 24.6 Å². The van der Waals surface area contributed by atoms with Crippen LogP contribution in [0.4, 0.5) is 17.5 Å². The number of benzene rings is 1. The molecule has 0 bridgehead atoms. The van der Waals surface area contributed by atoms with Gasteiger partial charge in [-0.1, -0.05) is 5.16 Å². The summed E-state index contributed by atoms with van der Waals surface area (Å²) >= 11 is 0. The highest BCUT2D eigenvalue weighted by molar-refractivity contribution is 6.02. The van der Waals surface area contributed by atoms with Crippen LogP contribution in [0.25, 0.3) is 0 Å². The van der Waals surface area contributed by atoms with E-state index in [9.17, 15) is 4.79 Å². The average molecular weight is 369 g/mol. The van der Waals surface area contributed by atoms with Gasteiger partial charge in [0.05, 0.1) is 19.9 Å². The number of nitrogens with one attached hydrogen (secondary N) is 2. The maximum absolute atomic E-state index is 12.4. The van der Waals surface area contributed by atoms with Crippen LogP contribution in [0.5, 0.6) is 11.5 Å². The molecular weight excluding hydrogens is 350 g/mol. The summed E-state index contributed by atoms with van der Waals surface area (Å²) in [6.45, 7) is 3.51. The van der Waals surface area contributed by atoms with Crippen LogP contribution >= 0.6 is 0 Å². The fraction of sp³-hybridized carbons (Fsp3) is 0.222. The van der Waals surface area contributed by atoms with Gasteiger partial charge in [-0.05, 0) is 32.0 Å². The summed E-state index contributed by atoms with van der Waals surface area (Å²) in [6, 6.07) is 8.49. The first-order chi connectivity index (χ1) is 13.0. The number of nitrogens with zero attached hydrogens (tertiary/aromatic N) is 3. The summed E-state index contributed by atoms with van der Waals surface area (Å²) in [5.74, 6) is 1.97. The Hall–Kier alpha value is -3.62. The molecule has 3 rings (SSSR count). The van der Waals surface area contributed by atoms with Crippen molar-refractivity contribution in [3.05, 3.63) is 47.5 Å². The summed E-state index contributed by atoms with van der Waals surface area (Å²) in [6.07, 6.45) is 0. The second kappa shape index (κ2) is 7.73. The molecule has 2 aromatic heterocycles. The topological polar surface area (TPSA) is 111 Å². The minimum atomic E-state index is -0.422. The van der Waals surface area contributed by atoms with Gasteiger partial charge in [0.25, 0.3) is 5.91 Å². The largest absolute Gasteiger partial charge is 0.497 e. The lowest BCUT2D eigenvalue weighted by atomic mass is 10.2. The molecule has 1 aromatic carbocycles. The normalized spacial score (nSPS) is 10.4. The molecule has 9 heteroatoms. The number of anilines is 3. The van der Waals surface area contributed by atoms with E-state index in [-0.39, 0.29) is 11.6 Å². The molecule has 9 nitrogen and oxygen atoms in total. The lowest BCUT2D eigenvalue weighted by molar-refractivity contribution is 0.102. The lowest BCUT2D eigenvalue weighted by Crippen LogP contribution is -2.15. The van der Waals surface area contributed by atoms with Crippen molar-refractivity contribution in [2.75, 3.05) is 24.9 Å². The van der Waals surface area contributed by atoms with Gasteiger partial charge in [0, 0.05) is 17.8 Å². The molecular formula is C18H19N5O4. The summed E-state index contributed by atoms with van der Waals surface area (Å²) < 4.78 is 15.5. The zero-order chi connectivity index (χ0) is 19.4. The Morgan fingerprint density at radius 3 is 2.56 bits per heavy atom. The van der Waals surface area contributed by atoms with E-state index in [0.717, 1.165) is 0 Å². The van der Waals surface area contributed by atoms with Crippen LogP contribution in [0.2, 0.25) is 0 Å². The Morgan fingerprint density at radius 1 is 1.07 bits per heavy atom. The maximum atomic E-state index is 12.4. The number of carbonyl (C=O) groups is 1. The Balaban J connectivity index is 1.86. The molecule has 0 aliphatic carbocycles. The van der Waals surface area contributed by atoms with Crippen molar-refractivity contribution in [3.8, 4) is 11.5 Å². The van der Waals surface area contributed by atoms with Crippen molar-refractivity contribution in [3.63, 3.8) is 0 Å². The lowest BCUT2D eigenvalue weighted by Gasteiger charge is -2.12. The SMILES string of the molecule is COc1ccc(OC)c(Nc2nc(C)cc(C(=O)Nc3cc(C)on3)n2)c1. The molecule has 0 saturated heterocycles. The average Bonchev–Trinajstić information content (AvgIpc) is 3.05. The molecule has 2 N–H and O–H groups in total. The number of hydrogen-bond acceptors (Lipinski definition) is 8. The highest BCUT2D eigenvalue weighted by Crippen LogP contribution is 2.30. The van der Waals surface area contributed by atoms with Gasteiger partial charge in [-0.2, -0.15) is 0 Å². The Labute approximate surface area is 155 Å². The van der Waals surface area contributed by atoms with Crippen LogP contribution in [-0.4, -0.2) is 35.3 Å². The van der Waals surface area contributed by atoms with E-state index < -0.39 is 5.91 Å². The predicted octanol–water partition coefficient (Wildman–Crippen LogP) is 3.09. The monoisotopic (exact) mass is 369 g/mol. The molecule has 0 radical (unpaired) electrons. The fourth-order valence-corrected chi connectivity index (χ4v) is 2.38. The molecule has 0 saturated carbocycles. The number of ether oxygens (including phenoxy) is 2. The Morgan fingerprint density at radius 2 is 1.89 bits per heavy atom. The van der Waals surface area contributed by atoms with E-state index in [1.54, 1.807) is 58.4 Å². The smallest absolute Gasteiger partial charge is 0.275 e. The van der Waals surface area contributed by atoms with Crippen molar-refractivity contribution in [1.29, 1.82) is 0 Å². The minimum absolute atomic E-state index is 0.188. The number of aryl methyl sites for hydroxylation is 2. The third-order valence-corrected chi connectivity index (χ3v) is 3.61. The Kier molecular flexibility index (Phi) is 5.20. The zero-order valence-electron chi connectivity index (χ0n) is 15.4. The molecule has 27 heavy (non-hydrogen) atoms. The van der Waals surface area contributed by atoms with Crippen molar-refractivity contribution in [2.45, 2.75) is 13.8 Å². The zero-order valence-corrected chi connectivity index (χ0v) is 15.4. The third kappa shape index (κ3) is 4.32. The van der Waals surface area contributed by atoms with Gasteiger partial charge in [-0.25, -0.2) is 9.97 Å². The van der Waals surface area contributed by atoms with Crippen LogP contribution < -0.4 is 20.1 Å². The van der Waals surface area contributed by atoms with Gasteiger partial charge in [0.2, 0.25) is 5.95 Å². The van der Waals surface area contributed by atoms with E-state index in [1.807, 2.05) is 0 Å². The van der Waals surface area contributed by atoms with Crippen molar-refractivity contribution in [2.24, 2.45) is 0 Å². The van der Waals surface area contributed by atoms with Crippen LogP contribution in [0.3, 0.4) is 0 Å². The Bertz CT molecular complexity index is 970. The number of rotatable bonds is 6. The van der Waals surface area contributed by atoms with Gasteiger partial charge in [-0.15, -0.1) is 0 Å². The standard InChI is InChI=1S/C18H19N5O4/c1-10-7-14(17(24)22-16-8-11(2)27-23-16)21-18(19-10)20-13-9-12(25-3)5-6-15(13)26-4/h5-9H,1-4H3,(H,19,20,21)(H,22,23,24). The predicted molar refractivity (Wildman–Crippen MR) is 98.8 cm³/mol. The highest BCUT2D eigenvalue weighted by Gasteiger charge is 2.14. The number of amides is 1. The minimum Gasteiger partial charge on any atom is -0.497 e. The quantitative estimate of drug-likeness (QED) is 0.682. The molecule has 3 aromatic rings. The van der Waals surface area contributed by atoms with E-state index >= 15 is 0 Å². The molecule has 0 atom stereocenters. The molecule has 0 aliphatic rings. The van der Waals surface area contributed by atoms with E-state index in [0.29, 0.717) is 34.5 Å². The van der Waals surface area contributed by atoms with Gasteiger partial charge in [0.1, 0.15) is 23.0 Å². The molecule has 140 valence electrons. The van der Waals surface area contributed by atoms with Crippen LogP contribution in [0, 0.1) is 13.8 Å². The molecule has 0 fully saturated rings. The van der Waals surface area contributed by atoms with Crippen LogP contribution in [0.1, 0.15) is 21.9 Å². The van der Waals surface area contributed by atoms with Gasteiger partial charge >= 0.3 is 0 Å². The number of aromatic nitrogens is 3. The first-order valence-electron chi connectivity index (χ1n) is 8.08. The number of carbonyl (C=O) groups excluding carboxylic acids is 1. The van der Waals surface area contributed by atoms with Crippen LogP contribution in [0.15, 0.2) is 34.9 Å². The maximum Gasteiger partial charge on any atom is 0.275 e. The fourth-order valence-electron chi connectivity index (χ4n) is 2.38. The van der Waals surface area contributed by atoms with Crippen LogP contribution in [-0.2, 0) is 0 Å². The molecule has 0 spiro atoms. The first kappa shape index (κ1) is 18.2. The van der Waals surface area contributed by atoms with Gasteiger partial charge in [0.15, 0.2) is 5.82 Å². The van der Waals surface area contributed by atoms with Gasteiger partial charge in [-0.3, -0.25) is 4.79 Å². The summed E-state index contributed by atoms with van der Waals surface area (Å²) in [7, 11) is 3.13. The van der Waals surface area contributed by atoms with E-state index in [1.165, 1.54) is 0 Å². The molecule has 0 unspecified atom stereocenters. The number of hydrogen-bond donors (Lipinski definition) is 2. The summed E-state index contributed by atoms with van der Waals surface area (Å²) in [4.78, 5) is 21.0. The van der Waals surface area contributed by atoms with Crippen molar-refractivity contribution in [1.82, 2.24) is 15.1 Å². The number of methoxy groups -OCH3 is 2. The summed E-state index contributed by atoms with van der Waals surface area (Å²) in [5.41, 5.74) is 1.42. The van der Waals surface area contributed by atoms with E-state index in [2.05, 4.69) is 25.8 Å². The molecule has 2 heterocycles. The van der Waals surface area contributed by atoms with Crippen molar-refractivity contribution >= 4 is 23.4 Å². The van der Waals surface area contributed by atoms with Crippen molar-refractivity contribution < 1.29 is 18.8 Å². The second-order valence-electron chi connectivity index (χ2n) is 5.69. The summed E-state index contributed by atoms with van der Waals surface area (Å²) in [5, 5.41) is 9.43.